The summed E-state index contributed by atoms with van der Waals surface area (Å²) in [6, 6.07) is 18.0. The van der Waals surface area contributed by atoms with E-state index in [2.05, 4.69) is 23.7 Å². The van der Waals surface area contributed by atoms with Crippen molar-refractivity contribution in [1.82, 2.24) is 0 Å². The zero-order valence-electron chi connectivity index (χ0n) is 17.7. The summed E-state index contributed by atoms with van der Waals surface area (Å²) in [4.78, 5) is 0. The van der Waals surface area contributed by atoms with Crippen LogP contribution in [0.25, 0.3) is 0 Å². The van der Waals surface area contributed by atoms with Gasteiger partial charge in [0, 0.05) is 16.7 Å². The largest absolute Gasteiger partial charge is 0.101 e. The molecule has 0 amide bonds. The van der Waals surface area contributed by atoms with Crippen LogP contribution in [0.3, 0.4) is 0 Å². The SMILES string of the molecule is CC.CC.CC.CC.CC#Cc1ccc(C#Cc2ccccc2)cc1. The highest BCUT2D eigenvalue weighted by Gasteiger charge is 1.88. The van der Waals surface area contributed by atoms with E-state index in [1.807, 2.05) is 117 Å². The van der Waals surface area contributed by atoms with Crippen molar-refractivity contribution in [3.63, 3.8) is 0 Å². The second kappa shape index (κ2) is 23.8. The van der Waals surface area contributed by atoms with Crippen molar-refractivity contribution < 1.29 is 0 Å². The Morgan fingerprint density at radius 2 is 0.760 bits per heavy atom. The summed E-state index contributed by atoms with van der Waals surface area (Å²) < 4.78 is 0. The Kier molecular flexibility index (Phi) is 26.1. The highest BCUT2D eigenvalue weighted by Crippen LogP contribution is 2.02. The molecule has 0 atom stereocenters. The lowest BCUT2D eigenvalue weighted by molar-refractivity contribution is 1.50. The van der Waals surface area contributed by atoms with Crippen LogP contribution in [-0.2, 0) is 0 Å². The fourth-order valence-corrected chi connectivity index (χ4v) is 1.45. The molecule has 0 bridgehead atoms. The smallest absolute Gasteiger partial charge is 0.0249 e. The van der Waals surface area contributed by atoms with Gasteiger partial charge in [-0.25, -0.2) is 0 Å². The number of hydrogen-bond donors (Lipinski definition) is 0. The van der Waals surface area contributed by atoms with Gasteiger partial charge in [-0.3, -0.25) is 0 Å². The predicted octanol–water partition coefficient (Wildman–Crippen LogP) is 7.56. The molecule has 0 aliphatic rings. The lowest BCUT2D eigenvalue weighted by atomic mass is 10.1. The highest BCUT2D eigenvalue weighted by molar-refractivity contribution is 5.45. The predicted molar refractivity (Wildman–Crippen MR) is 117 cm³/mol. The minimum absolute atomic E-state index is 1.01. The number of benzene rings is 2. The Balaban J connectivity index is -0.000000533. The molecule has 0 saturated heterocycles. The summed E-state index contributed by atoms with van der Waals surface area (Å²) >= 11 is 0. The molecule has 136 valence electrons. The van der Waals surface area contributed by atoms with E-state index in [1.54, 1.807) is 0 Å². The van der Waals surface area contributed by atoms with Crippen LogP contribution in [-0.4, -0.2) is 0 Å². The standard InChI is InChI=1S/C17H12.4C2H6/c1-2-6-15-9-12-17(13-10-15)14-11-16-7-4-3-5-8-16;4*1-2/h3-5,7-10,12-13H,1H3;4*1-2H3. The maximum Gasteiger partial charge on any atom is 0.0249 e. The van der Waals surface area contributed by atoms with Gasteiger partial charge >= 0.3 is 0 Å². The van der Waals surface area contributed by atoms with Gasteiger partial charge in [0.2, 0.25) is 0 Å². The van der Waals surface area contributed by atoms with Crippen LogP contribution in [0.15, 0.2) is 54.6 Å². The Labute approximate surface area is 157 Å². The number of hydrogen-bond acceptors (Lipinski definition) is 0. The van der Waals surface area contributed by atoms with E-state index in [1.165, 1.54) is 0 Å². The first-order valence-electron chi connectivity index (χ1n) is 9.48. The van der Waals surface area contributed by atoms with Crippen molar-refractivity contribution in [2.75, 3.05) is 0 Å². The van der Waals surface area contributed by atoms with E-state index in [0.29, 0.717) is 0 Å². The molecule has 0 radical (unpaired) electrons. The molecule has 0 saturated carbocycles. The first-order chi connectivity index (χ1) is 12.4. The molecule has 25 heavy (non-hydrogen) atoms. The second-order valence-electron chi connectivity index (χ2n) is 3.57. The van der Waals surface area contributed by atoms with Crippen LogP contribution in [0.4, 0.5) is 0 Å². The second-order valence-corrected chi connectivity index (χ2v) is 3.57. The lowest BCUT2D eigenvalue weighted by Crippen LogP contribution is -1.77. The average Bonchev–Trinajstić information content (AvgIpc) is 2.74. The first kappa shape index (κ1) is 27.4. The van der Waals surface area contributed by atoms with Gasteiger partial charge in [-0.15, -0.1) is 5.92 Å². The van der Waals surface area contributed by atoms with Gasteiger partial charge < -0.3 is 0 Å². The van der Waals surface area contributed by atoms with E-state index in [9.17, 15) is 0 Å². The van der Waals surface area contributed by atoms with E-state index in [0.717, 1.165) is 16.7 Å². The molecular formula is C25H36. The van der Waals surface area contributed by atoms with Crippen molar-refractivity contribution >= 4 is 0 Å². The normalized spacial score (nSPS) is 6.76. The molecule has 0 nitrogen and oxygen atoms in total. The molecule has 2 rings (SSSR count). The third kappa shape index (κ3) is 14.9. The van der Waals surface area contributed by atoms with Gasteiger partial charge in [0.25, 0.3) is 0 Å². The van der Waals surface area contributed by atoms with Gasteiger partial charge in [0.1, 0.15) is 0 Å². The summed E-state index contributed by atoms with van der Waals surface area (Å²) in [6.07, 6.45) is 0. The Hall–Kier alpha value is -2.44. The van der Waals surface area contributed by atoms with Crippen LogP contribution in [0.1, 0.15) is 79.0 Å². The highest BCUT2D eigenvalue weighted by atomic mass is 13.9. The van der Waals surface area contributed by atoms with E-state index >= 15 is 0 Å². The van der Waals surface area contributed by atoms with Crippen molar-refractivity contribution in [2.24, 2.45) is 0 Å². The third-order valence-corrected chi connectivity index (χ3v) is 2.28. The molecule has 0 aliphatic carbocycles. The summed E-state index contributed by atoms with van der Waals surface area (Å²) in [7, 11) is 0. The minimum atomic E-state index is 1.01. The Morgan fingerprint density at radius 3 is 1.12 bits per heavy atom. The molecule has 0 aliphatic heterocycles. The lowest BCUT2D eigenvalue weighted by Gasteiger charge is -1.91. The minimum Gasteiger partial charge on any atom is -0.101 e. The monoisotopic (exact) mass is 336 g/mol. The topological polar surface area (TPSA) is 0 Å². The summed E-state index contributed by atoms with van der Waals surface area (Å²) in [5, 5.41) is 0. The molecule has 2 aromatic rings. The molecular weight excluding hydrogens is 300 g/mol. The van der Waals surface area contributed by atoms with Crippen molar-refractivity contribution in [3.05, 3.63) is 71.3 Å². The van der Waals surface area contributed by atoms with Crippen LogP contribution >= 0.6 is 0 Å². The Morgan fingerprint density at radius 1 is 0.440 bits per heavy atom. The van der Waals surface area contributed by atoms with Gasteiger partial charge in [0.05, 0.1) is 0 Å². The quantitative estimate of drug-likeness (QED) is 0.435. The van der Waals surface area contributed by atoms with Crippen LogP contribution < -0.4 is 0 Å². The zero-order valence-corrected chi connectivity index (χ0v) is 17.7. The fraction of sp³-hybridized carbons (Fsp3) is 0.360. The van der Waals surface area contributed by atoms with Gasteiger partial charge in [-0.1, -0.05) is 91.4 Å². The molecule has 0 N–H and O–H groups in total. The fourth-order valence-electron chi connectivity index (χ4n) is 1.45. The number of rotatable bonds is 0. The van der Waals surface area contributed by atoms with E-state index < -0.39 is 0 Å². The van der Waals surface area contributed by atoms with E-state index in [4.69, 9.17) is 0 Å². The average molecular weight is 337 g/mol. The van der Waals surface area contributed by atoms with E-state index in [-0.39, 0.29) is 0 Å². The van der Waals surface area contributed by atoms with Crippen molar-refractivity contribution in [1.29, 1.82) is 0 Å². The molecule has 0 heterocycles. The molecule has 0 aromatic heterocycles. The molecule has 0 spiro atoms. The van der Waals surface area contributed by atoms with Crippen molar-refractivity contribution in [3.8, 4) is 23.7 Å². The third-order valence-electron chi connectivity index (χ3n) is 2.28. The van der Waals surface area contributed by atoms with Crippen LogP contribution in [0.5, 0.6) is 0 Å². The van der Waals surface area contributed by atoms with Gasteiger partial charge in [-0.05, 0) is 43.3 Å². The van der Waals surface area contributed by atoms with Crippen LogP contribution in [0.2, 0.25) is 0 Å². The van der Waals surface area contributed by atoms with Gasteiger partial charge in [-0.2, -0.15) is 0 Å². The van der Waals surface area contributed by atoms with Gasteiger partial charge in [0.15, 0.2) is 0 Å². The van der Waals surface area contributed by atoms with Crippen molar-refractivity contribution in [2.45, 2.75) is 62.3 Å². The molecule has 2 aromatic carbocycles. The Bertz CT molecular complexity index is 596. The van der Waals surface area contributed by atoms with Crippen LogP contribution in [0, 0.1) is 23.7 Å². The maximum absolute atomic E-state index is 3.13. The first-order valence-corrected chi connectivity index (χ1v) is 9.48. The summed E-state index contributed by atoms with van der Waals surface area (Å²) in [6.45, 7) is 17.8. The summed E-state index contributed by atoms with van der Waals surface area (Å²) in [5.41, 5.74) is 3.07. The molecule has 0 fully saturated rings. The molecule has 0 unspecified atom stereocenters. The zero-order chi connectivity index (χ0) is 19.9. The summed E-state index contributed by atoms with van der Waals surface area (Å²) in [5.74, 6) is 12.1. The molecule has 0 heteroatoms. The maximum atomic E-state index is 3.13.